The van der Waals surface area contributed by atoms with Crippen LogP contribution in [0.2, 0.25) is 0 Å². The molecule has 5 rings (SSSR count). The molecule has 1 aliphatic rings. The second kappa shape index (κ2) is 10.4. The Kier molecular flexibility index (Phi) is 6.92. The minimum atomic E-state index is -0.0968. The molecule has 1 saturated heterocycles. The quantitative estimate of drug-likeness (QED) is 0.378. The third-order valence-corrected chi connectivity index (χ3v) is 6.65. The van der Waals surface area contributed by atoms with Crippen LogP contribution in [0.5, 0.6) is 11.5 Å². The lowest BCUT2D eigenvalue weighted by atomic mass is 10.0. The van der Waals surface area contributed by atoms with Crippen molar-refractivity contribution in [3.63, 3.8) is 0 Å². The Bertz CT molecular complexity index is 1310. The van der Waals surface area contributed by atoms with Crippen LogP contribution in [-0.2, 0) is 4.79 Å². The molecular weight excluding hydrogens is 454 g/mol. The molecule has 1 fully saturated rings. The highest BCUT2D eigenvalue weighted by Crippen LogP contribution is 2.35. The van der Waals surface area contributed by atoms with Crippen molar-refractivity contribution in [3.8, 4) is 22.8 Å². The zero-order valence-corrected chi connectivity index (χ0v) is 20.6. The molecule has 1 unspecified atom stereocenters. The number of rotatable bonds is 8. The van der Waals surface area contributed by atoms with Crippen LogP contribution in [0.4, 0.5) is 5.82 Å². The summed E-state index contributed by atoms with van der Waals surface area (Å²) >= 11 is 0. The summed E-state index contributed by atoms with van der Waals surface area (Å²) in [5.41, 5.74) is 8.73. The third-order valence-electron chi connectivity index (χ3n) is 6.65. The largest absolute Gasteiger partial charge is 0.457 e. The smallest absolute Gasteiger partial charge is 0.164 e. The number of aldehydes is 1. The van der Waals surface area contributed by atoms with Gasteiger partial charge in [-0.1, -0.05) is 18.2 Å². The number of likely N-dealkylation sites (N-methyl/N-ethyl adjacent to an activating group) is 1. The minimum absolute atomic E-state index is 0.0968. The van der Waals surface area contributed by atoms with Crippen molar-refractivity contribution in [2.75, 3.05) is 39.5 Å². The first-order chi connectivity index (χ1) is 17.5. The van der Waals surface area contributed by atoms with Gasteiger partial charge in [0.1, 0.15) is 35.6 Å². The van der Waals surface area contributed by atoms with E-state index < -0.39 is 0 Å². The number of hydrogen-bond donors (Lipinski definition) is 1. The highest BCUT2D eigenvalue weighted by atomic mass is 16.5. The van der Waals surface area contributed by atoms with Crippen molar-refractivity contribution in [2.24, 2.45) is 0 Å². The summed E-state index contributed by atoms with van der Waals surface area (Å²) in [7, 11) is 3.98. The number of piperidine rings is 1. The SMILES string of the molecule is CN(C)CC(C=O)N1CCC(n2nc(-c3ccc(Oc4ccccc4)cc3)c3c(N)ncnc32)CC1. The molecule has 36 heavy (non-hydrogen) atoms. The van der Waals surface area contributed by atoms with Crippen LogP contribution in [0.15, 0.2) is 60.9 Å². The van der Waals surface area contributed by atoms with E-state index in [0.29, 0.717) is 5.82 Å². The van der Waals surface area contributed by atoms with Gasteiger partial charge in [0.2, 0.25) is 0 Å². The highest BCUT2D eigenvalue weighted by Gasteiger charge is 2.29. The highest BCUT2D eigenvalue weighted by molar-refractivity contribution is 5.98. The molecule has 0 radical (unpaired) electrons. The van der Waals surface area contributed by atoms with Gasteiger partial charge in [-0.2, -0.15) is 5.10 Å². The number of carbonyl (C=O) groups is 1. The van der Waals surface area contributed by atoms with Crippen LogP contribution in [0, 0.1) is 0 Å². The number of para-hydroxylation sites is 1. The second-order valence-electron chi connectivity index (χ2n) is 9.42. The minimum Gasteiger partial charge on any atom is -0.457 e. The van der Waals surface area contributed by atoms with Crippen LogP contribution in [0.1, 0.15) is 18.9 Å². The zero-order chi connectivity index (χ0) is 25.1. The molecule has 9 nitrogen and oxygen atoms in total. The number of ether oxygens (including phenoxy) is 1. The Balaban J connectivity index is 1.40. The molecule has 2 aromatic heterocycles. The first kappa shape index (κ1) is 23.9. The predicted octanol–water partition coefficient (Wildman–Crippen LogP) is 3.63. The molecule has 2 N–H and O–H groups in total. The van der Waals surface area contributed by atoms with E-state index in [4.69, 9.17) is 15.6 Å². The standard InChI is InChI=1S/C27H31N7O2/c1-32(2)16-21(17-35)33-14-12-20(13-15-33)34-27-24(26(28)29-18-30-27)25(31-34)19-8-10-23(11-9-19)36-22-6-4-3-5-7-22/h3-11,17-18,20-21H,12-16H2,1-2H3,(H2,28,29,30). The normalized spacial score (nSPS) is 15.9. The van der Waals surface area contributed by atoms with Gasteiger partial charge in [0, 0.05) is 25.2 Å². The maximum absolute atomic E-state index is 11.7. The van der Waals surface area contributed by atoms with Crippen LogP contribution < -0.4 is 10.5 Å². The van der Waals surface area contributed by atoms with Gasteiger partial charge >= 0.3 is 0 Å². The monoisotopic (exact) mass is 485 g/mol. The summed E-state index contributed by atoms with van der Waals surface area (Å²) in [6.45, 7) is 2.37. The summed E-state index contributed by atoms with van der Waals surface area (Å²) in [4.78, 5) is 24.8. The number of anilines is 1. The molecule has 1 atom stereocenters. The molecule has 2 aromatic carbocycles. The number of carbonyl (C=O) groups excluding carboxylic acids is 1. The van der Waals surface area contributed by atoms with Crippen LogP contribution in [0.25, 0.3) is 22.3 Å². The molecule has 0 amide bonds. The summed E-state index contributed by atoms with van der Waals surface area (Å²) in [6, 6.07) is 17.6. The average Bonchev–Trinajstić information content (AvgIpc) is 3.29. The number of nitrogens with two attached hydrogens (primary N) is 1. The summed E-state index contributed by atoms with van der Waals surface area (Å²) in [5, 5.41) is 5.75. The molecule has 186 valence electrons. The Morgan fingerprint density at radius 1 is 1.06 bits per heavy atom. The summed E-state index contributed by atoms with van der Waals surface area (Å²) < 4.78 is 7.93. The second-order valence-corrected chi connectivity index (χ2v) is 9.42. The van der Waals surface area contributed by atoms with Crippen molar-refractivity contribution in [1.29, 1.82) is 0 Å². The van der Waals surface area contributed by atoms with Crippen LogP contribution in [0.3, 0.4) is 0 Å². The first-order valence-corrected chi connectivity index (χ1v) is 12.2. The molecule has 1 aliphatic heterocycles. The Morgan fingerprint density at radius 2 is 1.75 bits per heavy atom. The molecule has 0 spiro atoms. The van der Waals surface area contributed by atoms with E-state index in [1.54, 1.807) is 0 Å². The number of benzene rings is 2. The summed E-state index contributed by atoms with van der Waals surface area (Å²) in [5.74, 6) is 1.94. The van der Waals surface area contributed by atoms with E-state index in [0.717, 1.165) is 72.6 Å². The lowest BCUT2D eigenvalue weighted by Crippen LogP contribution is -2.47. The molecule has 0 bridgehead atoms. The molecule has 4 aromatic rings. The fourth-order valence-electron chi connectivity index (χ4n) is 4.84. The van der Waals surface area contributed by atoms with Crippen molar-refractivity contribution >= 4 is 23.1 Å². The zero-order valence-electron chi connectivity index (χ0n) is 20.6. The van der Waals surface area contributed by atoms with E-state index in [-0.39, 0.29) is 12.1 Å². The van der Waals surface area contributed by atoms with Gasteiger partial charge < -0.3 is 20.2 Å². The number of fused-ring (bicyclic) bond motifs is 1. The molecule has 0 saturated carbocycles. The Hall–Kier alpha value is -3.82. The number of aromatic nitrogens is 4. The van der Waals surface area contributed by atoms with Crippen molar-refractivity contribution < 1.29 is 9.53 Å². The molecular formula is C27H31N7O2. The molecule has 3 heterocycles. The number of nitrogen functional groups attached to an aromatic ring is 1. The summed E-state index contributed by atoms with van der Waals surface area (Å²) in [6.07, 6.45) is 4.30. The van der Waals surface area contributed by atoms with Crippen LogP contribution in [-0.4, -0.2) is 75.6 Å². The Labute approximate surface area is 210 Å². The topological polar surface area (TPSA) is 102 Å². The van der Waals surface area contributed by atoms with Crippen molar-refractivity contribution in [3.05, 3.63) is 60.9 Å². The van der Waals surface area contributed by atoms with Gasteiger partial charge in [0.25, 0.3) is 0 Å². The van der Waals surface area contributed by atoms with Gasteiger partial charge in [-0.15, -0.1) is 0 Å². The lowest BCUT2D eigenvalue weighted by molar-refractivity contribution is -0.113. The van der Waals surface area contributed by atoms with Crippen LogP contribution >= 0.6 is 0 Å². The fraction of sp³-hybridized carbons (Fsp3) is 0.333. The van der Waals surface area contributed by atoms with Gasteiger partial charge in [0.05, 0.1) is 17.5 Å². The number of hydrogen-bond acceptors (Lipinski definition) is 8. The van der Waals surface area contributed by atoms with E-state index >= 15 is 0 Å². The van der Waals surface area contributed by atoms with E-state index in [2.05, 4.69) is 14.9 Å². The van der Waals surface area contributed by atoms with Crippen molar-refractivity contribution in [2.45, 2.75) is 24.9 Å². The van der Waals surface area contributed by atoms with E-state index in [1.807, 2.05) is 78.3 Å². The first-order valence-electron chi connectivity index (χ1n) is 12.2. The maximum Gasteiger partial charge on any atom is 0.164 e. The maximum atomic E-state index is 11.7. The van der Waals surface area contributed by atoms with Gasteiger partial charge in [-0.05, 0) is 63.3 Å². The van der Waals surface area contributed by atoms with E-state index in [1.165, 1.54) is 6.33 Å². The number of nitrogens with zero attached hydrogens (tertiary/aromatic N) is 6. The number of likely N-dealkylation sites (tertiary alicyclic amines) is 1. The average molecular weight is 486 g/mol. The molecule has 0 aliphatic carbocycles. The van der Waals surface area contributed by atoms with E-state index in [9.17, 15) is 4.79 Å². The fourth-order valence-corrected chi connectivity index (χ4v) is 4.84. The van der Waals surface area contributed by atoms with Gasteiger partial charge in [-0.25, -0.2) is 14.6 Å². The van der Waals surface area contributed by atoms with Gasteiger partial charge in [0.15, 0.2) is 5.65 Å². The predicted molar refractivity (Wildman–Crippen MR) is 140 cm³/mol. The van der Waals surface area contributed by atoms with Crippen molar-refractivity contribution in [1.82, 2.24) is 29.5 Å². The lowest BCUT2D eigenvalue weighted by Gasteiger charge is -2.36. The molecule has 9 heteroatoms. The third kappa shape index (κ3) is 4.93. The Morgan fingerprint density at radius 3 is 2.42 bits per heavy atom. The van der Waals surface area contributed by atoms with Gasteiger partial charge in [-0.3, -0.25) is 4.90 Å².